The highest BCUT2D eigenvalue weighted by molar-refractivity contribution is 6.36. The van der Waals surface area contributed by atoms with Crippen LogP contribution in [0.4, 0.5) is 0 Å². The summed E-state index contributed by atoms with van der Waals surface area (Å²) in [5.74, 6) is 0.758. The lowest BCUT2D eigenvalue weighted by atomic mass is 10.1. The van der Waals surface area contributed by atoms with Gasteiger partial charge in [0.2, 0.25) is 0 Å². The number of halogens is 2. The molecule has 1 N–H and O–H groups in total. The van der Waals surface area contributed by atoms with E-state index in [1.165, 1.54) is 19.2 Å². The molecule has 2 aromatic carbocycles. The van der Waals surface area contributed by atoms with Gasteiger partial charge < -0.3 is 14.8 Å². The lowest BCUT2D eigenvalue weighted by molar-refractivity contribution is 0.0948. The molecule has 0 aliphatic carbocycles. The van der Waals surface area contributed by atoms with Crippen LogP contribution < -0.4 is 14.8 Å². The molecule has 0 atom stereocenters. The fourth-order valence-electron chi connectivity index (χ4n) is 1.96. The Morgan fingerprint density at radius 2 is 1.77 bits per heavy atom. The molecular formula is C16H15Cl2NO3. The maximum atomic E-state index is 12.3. The number of amides is 1. The molecule has 116 valence electrons. The molecule has 0 aromatic heterocycles. The second-order valence-electron chi connectivity index (χ2n) is 4.50. The fraction of sp³-hybridized carbons (Fsp3) is 0.188. The van der Waals surface area contributed by atoms with Crippen molar-refractivity contribution in [1.29, 1.82) is 0 Å². The van der Waals surface area contributed by atoms with E-state index in [-0.39, 0.29) is 5.91 Å². The first-order chi connectivity index (χ1) is 10.5. The van der Waals surface area contributed by atoms with Crippen molar-refractivity contribution in [2.75, 3.05) is 14.2 Å². The zero-order valence-corrected chi connectivity index (χ0v) is 13.7. The summed E-state index contributed by atoms with van der Waals surface area (Å²) in [6.45, 7) is 0.371. The zero-order valence-electron chi connectivity index (χ0n) is 12.2. The minimum absolute atomic E-state index is 0.296. The van der Waals surface area contributed by atoms with Gasteiger partial charge >= 0.3 is 0 Å². The Bertz CT molecular complexity index is 672. The number of rotatable bonds is 5. The zero-order chi connectivity index (χ0) is 16.1. The maximum Gasteiger partial charge on any atom is 0.255 e. The normalized spacial score (nSPS) is 10.2. The number of nitrogens with one attached hydrogen (secondary N) is 1. The van der Waals surface area contributed by atoms with Gasteiger partial charge in [0.05, 0.1) is 24.8 Å². The summed E-state index contributed by atoms with van der Waals surface area (Å²) in [7, 11) is 3.06. The second-order valence-corrected chi connectivity index (χ2v) is 5.34. The largest absolute Gasteiger partial charge is 0.497 e. The first-order valence-corrected chi connectivity index (χ1v) is 7.25. The summed E-state index contributed by atoms with van der Waals surface area (Å²) in [6, 6.07) is 10.5. The van der Waals surface area contributed by atoms with Crippen molar-refractivity contribution >= 4 is 29.1 Å². The third kappa shape index (κ3) is 3.84. The highest BCUT2D eigenvalue weighted by atomic mass is 35.5. The van der Waals surface area contributed by atoms with Crippen molar-refractivity contribution in [3.05, 3.63) is 57.6 Å². The maximum absolute atomic E-state index is 12.3. The van der Waals surface area contributed by atoms with Crippen molar-refractivity contribution < 1.29 is 14.3 Å². The van der Waals surface area contributed by atoms with E-state index >= 15 is 0 Å². The molecule has 0 aliphatic heterocycles. The molecule has 0 aliphatic rings. The second kappa shape index (κ2) is 7.38. The van der Waals surface area contributed by atoms with Gasteiger partial charge in [-0.05, 0) is 29.8 Å². The molecule has 0 bridgehead atoms. The van der Waals surface area contributed by atoms with Gasteiger partial charge in [0.1, 0.15) is 11.5 Å². The topological polar surface area (TPSA) is 47.6 Å². The molecule has 0 saturated heterocycles. The highest BCUT2D eigenvalue weighted by Crippen LogP contribution is 2.32. The Morgan fingerprint density at radius 3 is 2.36 bits per heavy atom. The van der Waals surface area contributed by atoms with Gasteiger partial charge in [-0.25, -0.2) is 0 Å². The summed E-state index contributed by atoms with van der Waals surface area (Å²) in [4.78, 5) is 12.3. The molecule has 2 aromatic rings. The number of carbonyl (C=O) groups excluding carboxylic acids is 1. The van der Waals surface area contributed by atoms with Gasteiger partial charge in [0.25, 0.3) is 5.91 Å². The summed E-state index contributed by atoms with van der Waals surface area (Å²) in [5, 5.41) is 3.48. The van der Waals surface area contributed by atoms with Crippen LogP contribution in [0.1, 0.15) is 15.9 Å². The van der Waals surface area contributed by atoms with Crippen LogP contribution in [0.3, 0.4) is 0 Å². The van der Waals surface area contributed by atoms with E-state index in [4.69, 9.17) is 32.7 Å². The lowest BCUT2D eigenvalue weighted by Gasteiger charge is -2.11. The van der Waals surface area contributed by atoms with E-state index in [0.717, 1.165) is 11.3 Å². The van der Waals surface area contributed by atoms with Crippen molar-refractivity contribution in [3.8, 4) is 11.5 Å². The highest BCUT2D eigenvalue weighted by Gasteiger charge is 2.16. The molecule has 0 saturated carbocycles. The molecule has 6 heteroatoms. The smallest absolute Gasteiger partial charge is 0.255 e. The minimum atomic E-state index is -0.308. The fourth-order valence-corrected chi connectivity index (χ4v) is 2.53. The molecule has 2 rings (SSSR count). The number of carbonyl (C=O) groups is 1. The lowest BCUT2D eigenvalue weighted by Crippen LogP contribution is -2.23. The first-order valence-electron chi connectivity index (χ1n) is 6.49. The Labute approximate surface area is 138 Å². The van der Waals surface area contributed by atoms with Crippen molar-refractivity contribution in [3.63, 3.8) is 0 Å². The molecule has 0 radical (unpaired) electrons. The molecule has 22 heavy (non-hydrogen) atoms. The van der Waals surface area contributed by atoms with Crippen molar-refractivity contribution in [1.82, 2.24) is 5.32 Å². The SMILES string of the molecule is COc1ccc(CNC(=O)c2cc(Cl)cc(Cl)c2OC)cc1. The molecule has 0 fully saturated rings. The number of benzene rings is 2. The summed E-state index contributed by atoms with van der Waals surface area (Å²) in [5.41, 5.74) is 1.25. The van der Waals surface area contributed by atoms with Crippen molar-refractivity contribution in [2.24, 2.45) is 0 Å². The number of hydrogen-bond acceptors (Lipinski definition) is 3. The summed E-state index contributed by atoms with van der Waals surface area (Å²) < 4.78 is 10.3. The van der Waals surface area contributed by atoms with E-state index in [2.05, 4.69) is 5.32 Å². The van der Waals surface area contributed by atoms with Gasteiger partial charge in [-0.15, -0.1) is 0 Å². The van der Waals surface area contributed by atoms with Gasteiger partial charge in [-0.3, -0.25) is 4.79 Å². The molecule has 0 spiro atoms. The van der Waals surface area contributed by atoms with Crippen LogP contribution in [0.15, 0.2) is 36.4 Å². The van der Waals surface area contributed by atoms with Crippen molar-refractivity contribution in [2.45, 2.75) is 6.54 Å². The van der Waals surface area contributed by atoms with Crippen LogP contribution in [-0.4, -0.2) is 20.1 Å². The number of methoxy groups -OCH3 is 2. The van der Waals surface area contributed by atoms with Crippen LogP contribution in [0.2, 0.25) is 10.0 Å². The first kappa shape index (κ1) is 16.5. The van der Waals surface area contributed by atoms with E-state index in [9.17, 15) is 4.79 Å². The van der Waals surface area contributed by atoms with Crippen LogP contribution >= 0.6 is 23.2 Å². The van der Waals surface area contributed by atoms with Crippen LogP contribution in [-0.2, 0) is 6.54 Å². The molecular weight excluding hydrogens is 325 g/mol. The molecule has 0 unspecified atom stereocenters. The van der Waals surface area contributed by atoms with Gasteiger partial charge in [-0.1, -0.05) is 35.3 Å². The van der Waals surface area contributed by atoms with Gasteiger partial charge in [-0.2, -0.15) is 0 Å². The molecule has 1 amide bonds. The summed E-state index contributed by atoms with van der Waals surface area (Å²) >= 11 is 12.0. The minimum Gasteiger partial charge on any atom is -0.497 e. The third-order valence-corrected chi connectivity index (χ3v) is 3.57. The Morgan fingerprint density at radius 1 is 1.09 bits per heavy atom. The third-order valence-electron chi connectivity index (χ3n) is 3.07. The van der Waals surface area contributed by atoms with E-state index in [0.29, 0.717) is 27.9 Å². The standard InChI is InChI=1S/C16H15Cl2NO3/c1-21-12-5-3-10(4-6-12)9-19-16(20)13-7-11(17)8-14(18)15(13)22-2/h3-8H,9H2,1-2H3,(H,19,20). The van der Waals surface area contributed by atoms with Gasteiger partial charge in [0.15, 0.2) is 0 Å². The summed E-state index contributed by atoms with van der Waals surface area (Å²) in [6.07, 6.45) is 0. The van der Waals surface area contributed by atoms with E-state index < -0.39 is 0 Å². The average Bonchev–Trinajstić information content (AvgIpc) is 2.52. The number of ether oxygens (including phenoxy) is 2. The number of hydrogen-bond donors (Lipinski definition) is 1. The van der Waals surface area contributed by atoms with Crippen LogP contribution in [0.5, 0.6) is 11.5 Å². The Balaban J connectivity index is 2.12. The van der Waals surface area contributed by atoms with E-state index in [1.807, 2.05) is 24.3 Å². The predicted molar refractivity (Wildman–Crippen MR) is 87.2 cm³/mol. The molecule has 4 nitrogen and oxygen atoms in total. The predicted octanol–water partition coefficient (Wildman–Crippen LogP) is 3.94. The Kier molecular flexibility index (Phi) is 5.52. The van der Waals surface area contributed by atoms with Crippen LogP contribution in [0, 0.1) is 0 Å². The monoisotopic (exact) mass is 339 g/mol. The van der Waals surface area contributed by atoms with E-state index in [1.54, 1.807) is 7.11 Å². The Hall–Kier alpha value is -1.91. The average molecular weight is 340 g/mol. The molecule has 0 heterocycles. The van der Waals surface area contributed by atoms with Crippen LogP contribution in [0.25, 0.3) is 0 Å². The quantitative estimate of drug-likeness (QED) is 0.897. The van der Waals surface area contributed by atoms with Gasteiger partial charge in [0, 0.05) is 11.6 Å².